The van der Waals surface area contributed by atoms with E-state index < -0.39 is 0 Å². The molecule has 0 atom stereocenters. The smallest absolute Gasteiger partial charge is 0.343 e. The molecule has 3 aromatic rings. The summed E-state index contributed by atoms with van der Waals surface area (Å²) in [6.45, 7) is 0.604. The molecule has 0 saturated carbocycles. The number of carbonyl (C=O) groups excluding carboxylic acids is 1. The van der Waals surface area contributed by atoms with Crippen molar-refractivity contribution in [2.24, 2.45) is 0 Å². The first-order valence-corrected chi connectivity index (χ1v) is 7.85. The van der Waals surface area contributed by atoms with Crippen LogP contribution in [0, 0.1) is 0 Å². The van der Waals surface area contributed by atoms with Gasteiger partial charge in [-0.1, -0.05) is 48.5 Å². The molecule has 0 aromatic heterocycles. The van der Waals surface area contributed by atoms with Gasteiger partial charge in [-0.3, -0.25) is 0 Å². The molecule has 0 aliphatic carbocycles. The molecule has 3 heteroatoms. The van der Waals surface area contributed by atoms with Crippen molar-refractivity contribution in [1.29, 1.82) is 0 Å². The lowest BCUT2D eigenvalue weighted by Crippen LogP contribution is -2.08. The van der Waals surface area contributed by atoms with Gasteiger partial charge < -0.3 is 9.47 Å². The molecule has 0 bridgehead atoms. The predicted molar refractivity (Wildman–Crippen MR) is 93.5 cm³/mol. The molecule has 120 valence electrons. The molecule has 0 fully saturated rings. The fourth-order valence-electron chi connectivity index (χ4n) is 2.28. The van der Waals surface area contributed by atoms with Gasteiger partial charge in [0.25, 0.3) is 0 Å². The second-order valence-corrected chi connectivity index (χ2v) is 5.31. The molecule has 0 aliphatic heterocycles. The molecule has 0 unspecified atom stereocenters. The summed E-state index contributed by atoms with van der Waals surface area (Å²) in [5.41, 5.74) is 1.77. The van der Waals surface area contributed by atoms with Gasteiger partial charge in [0.2, 0.25) is 0 Å². The third-order valence-electron chi connectivity index (χ3n) is 3.55. The van der Waals surface area contributed by atoms with E-state index in [4.69, 9.17) is 9.47 Å². The minimum Gasteiger partial charge on any atom is -0.493 e. The molecular formula is C21H18O3. The summed E-state index contributed by atoms with van der Waals surface area (Å²) >= 11 is 0. The Hall–Kier alpha value is -3.07. The standard InChI is InChI=1S/C21H18O3/c22-21(18-9-5-2-6-10-18)24-20-13-11-19(12-14-20)23-16-15-17-7-3-1-4-8-17/h1-14H,15-16H2. The van der Waals surface area contributed by atoms with Crippen molar-refractivity contribution in [2.45, 2.75) is 6.42 Å². The highest BCUT2D eigenvalue weighted by Crippen LogP contribution is 2.19. The average molecular weight is 318 g/mol. The maximum absolute atomic E-state index is 12.0. The van der Waals surface area contributed by atoms with Crippen molar-refractivity contribution in [2.75, 3.05) is 6.61 Å². The van der Waals surface area contributed by atoms with Crippen molar-refractivity contribution in [1.82, 2.24) is 0 Å². The van der Waals surface area contributed by atoms with E-state index in [0.29, 0.717) is 17.9 Å². The van der Waals surface area contributed by atoms with Gasteiger partial charge in [-0.05, 0) is 42.0 Å². The molecule has 0 heterocycles. The molecule has 0 N–H and O–H groups in total. The zero-order valence-corrected chi connectivity index (χ0v) is 13.2. The molecule has 0 radical (unpaired) electrons. The predicted octanol–water partition coefficient (Wildman–Crippen LogP) is 4.53. The van der Waals surface area contributed by atoms with Crippen LogP contribution in [0.4, 0.5) is 0 Å². The zero-order chi connectivity index (χ0) is 16.6. The van der Waals surface area contributed by atoms with Gasteiger partial charge in [-0.15, -0.1) is 0 Å². The van der Waals surface area contributed by atoms with E-state index in [-0.39, 0.29) is 5.97 Å². The number of benzene rings is 3. The topological polar surface area (TPSA) is 35.5 Å². The summed E-state index contributed by atoms with van der Waals surface area (Å²) in [6, 6.07) is 26.2. The summed E-state index contributed by atoms with van der Waals surface area (Å²) in [4.78, 5) is 12.0. The Morgan fingerprint density at radius 2 is 1.29 bits per heavy atom. The molecule has 3 nitrogen and oxygen atoms in total. The summed E-state index contributed by atoms with van der Waals surface area (Å²) in [5.74, 6) is 0.887. The van der Waals surface area contributed by atoms with Crippen molar-refractivity contribution >= 4 is 5.97 Å². The SMILES string of the molecule is O=C(Oc1ccc(OCCc2ccccc2)cc1)c1ccccc1. The molecule has 0 spiro atoms. The molecule has 0 aliphatic rings. The highest BCUT2D eigenvalue weighted by Gasteiger charge is 2.07. The zero-order valence-electron chi connectivity index (χ0n) is 13.2. The summed E-state index contributed by atoms with van der Waals surface area (Å²) in [6.07, 6.45) is 0.853. The molecule has 0 saturated heterocycles. The maximum Gasteiger partial charge on any atom is 0.343 e. The van der Waals surface area contributed by atoms with E-state index in [2.05, 4.69) is 12.1 Å². The minimum absolute atomic E-state index is 0.367. The fourth-order valence-corrected chi connectivity index (χ4v) is 2.28. The van der Waals surface area contributed by atoms with E-state index in [1.165, 1.54) is 5.56 Å². The van der Waals surface area contributed by atoms with Crippen LogP contribution in [0.3, 0.4) is 0 Å². The van der Waals surface area contributed by atoms with E-state index in [1.54, 1.807) is 48.5 Å². The van der Waals surface area contributed by atoms with Crippen LogP contribution in [0.25, 0.3) is 0 Å². The van der Waals surface area contributed by atoms with Crippen LogP contribution < -0.4 is 9.47 Å². The number of carbonyl (C=O) groups is 1. The Morgan fingerprint density at radius 3 is 1.96 bits per heavy atom. The van der Waals surface area contributed by atoms with Gasteiger partial charge in [0, 0.05) is 6.42 Å². The van der Waals surface area contributed by atoms with Gasteiger partial charge in [0.15, 0.2) is 0 Å². The molecule has 3 aromatic carbocycles. The lowest BCUT2D eigenvalue weighted by molar-refractivity contribution is 0.0734. The van der Waals surface area contributed by atoms with Crippen LogP contribution in [-0.2, 0) is 6.42 Å². The highest BCUT2D eigenvalue weighted by molar-refractivity contribution is 5.90. The highest BCUT2D eigenvalue weighted by atomic mass is 16.5. The van der Waals surface area contributed by atoms with E-state index >= 15 is 0 Å². The largest absolute Gasteiger partial charge is 0.493 e. The number of hydrogen-bond donors (Lipinski definition) is 0. The number of esters is 1. The fraction of sp³-hybridized carbons (Fsp3) is 0.0952. The Labute approximate surface area is 141 Å². The van der Waals surface area contributed by atoms with E-state index in [9.17, 15) is 4.79 Å². The van der Waals surface area contributed by atoms with Gasteiger partial charge in [-0.25, -0.2) is 4.79 Å². The quantitative estimate of drug-likeness (QED) is 0.495. The van der Waals surface area contributed by atoms with Crippen molar-refractivity contribution in [3.8, 4) is 11.5 Å². The lowest BCUT2D eigenvalue weighted by Gasteiger charge is -2.08. The van der Waals surface area contributed by atoms with Crippen LogP contribution in [0.15, 0.2) is 84.9 Å². The van der Waals surface area contributed by atoms with Crippen molar-refractivity contribution in [3.05, 3.63) is 96.1 Å². The van der Waals surface area contributed by atoms with E-state index in [1.807, 2.05) is 24.3 Å². The first kappa shape index (κ1) is 15.8. The Morgan fingerprint density at radius 1 is 0.708 bits per heavy atom. The van der Waals surface area contributed by atoms with Crippen molar-refractivity contribution in [3.63, 3.8) is 0 Å². The maximum atomic E-state index is 12.0. The first-order valence-electron chi connectivity index (χ1n) is 7.85. The summed E-state index contributed by atoms with van der Waals surface area (Å²) < 4.78 is 11.0. The molecule has 24 heavy (non-hydrogen) atoms. The first-order chi connectivity index (χ1) is 11.8. The number of hydrogen-bond acceptors (Lipinski definition) is 3. The third kappa shape index (κ3) is 4.46. The van der Waals surface area contributed by atoms with Gasteiger partial charge in [-0.2, -0.15) is 0 Å². The number of rotatable bonds is 6. The summed E-state index contributed by atoms with van der Waals surface area (Å²) in [5, 5.41) is 0. The van der Waals surface area contributed by atoms with Crippen LogP contribution in [-0.4, -0.2) is 12.6 Å². The van der Waals surface area contributed by atoms with Crippen molar-refractivity contribution < 1.29 is 14.3 Å². The van der Waals surface area contributed by atoms with Crippen LogP contribution >= 0.6 is 0 Å². The molecular weight excluding hydrogens is 300 g/mol. The van der Waals surface area contributed by atoms with Gasteiger partial charge in [0.1, 0.15) is 11.5 Å². The molecule has 0 amide bonds. The minimum atomic E-state index is -0.367. The van der Waals surface area contributed by atoms with Gasteiger partial charge >= 0.3 is 5.97 Å². The van der Waals surface area contributed by atoms with Crippen LogP contribution in [0.1, 0.15) is 15.9 Å². The van der Waals surface area contributed by atoms with Gasteiger partial charge in [0.05, 0.1) is 12.2 Å². The Bertz CT molecular complexity index is 765. The third-order valence-corrected chi connectivity index (χ3v) is 3.55. The second kappa shape index (κ2) is 7.97. The summed E-state index contributed by atoms with van der Waals surface area (Å²) in [7, 11) is 0. The van der Waals surface area contributed by atoms with Crippen LogP contribution in [0.2, 0.25) is 0 Å². The van der Waals surface area contributed by atoms with Crippen LogP contribution in [0.5, 0.6) is 11.5 Å². The monoisotopic (exact) mass is 318 g/mol. The second-order valence-electron chi connectivity index (χ2n) is 5.31. The number of ether oxygens (including phenoxy) is 2. The average Bonchev–Trinajstić information content (AvgIpc) is 2.65. The Kier molecular flexibility index (Phi) is 5.25. The Balaban J connectivity index is 1.51. The molecule has 3 rings (SSSR count). The lowest BCUT2D eigenvalue weighted by atomic mass is 10.2. The normalized spacial score (nSPS) is 10.2. The van der Waals surface area contributed by atoms with E-state index in [0.717, 1.165) is 12.2 Å².